The Morgan fingerprint density at radius 3 is 2.08 bits per heavy atom. The van der Waals surface area contributed by atoms with Gasteiger partial charge in [0.2, 0.25) is 0 Å². The molecule has 0 aliphatic carbocycles. The molecule has 0 amide bonds. The van der Waals surface area contributed by atoms with E-state index < -0.39 is 0 Å². The molecule has 0 saturated carbocycles. The molecule has 1 atom stereocenters. The van der Waals surface area contributed by atoms with Crippen LogP contribution in [-0.4, -0.2) is 7.11 Å². The van der Waals surface area contributed by atoms with Gasteiger partial charge in [0.05, 0.1) is 6.10 Å². The minimum atomic E-state index is 0. The molecule has 1 aromatic carbocycles. The quantitative estimate of drug-likeness (QED) is 0.685. The fourth-order valence-corrected chi connectivity index (χ4v) is 1.21. The Morgan fingerprint density at radius 1 is 1.15 bits per heavy atom. The summed E-state index contributed by atoms with van der Waals surface area (Å²) in [5, 5.41) is 0. The van der Waals surface area contributed by atoms with E-state index in [0.29, 0.717) is 0 Å². The molecule has 0 aliphatic heterocycles. The second-order valence-corrected chi connectivity index (χ2v) is 2.54. The van der Waals surface area contributed by atoms with Crippen LogP contribution in [0.15, 0.2) is 30.3 Å². The Morgan fingerprint density at radius 2 is 1.69 bits per heavy atom. The highest BCUT2D eigenvalue weighted by Gasteiger charge is 2.04. The smallest absolute Gasteiger partial charge is 0.0818 e. The number of methoxy groups -OCH3 is 1. The van der Waals surface area contributed by atoms with Crippen LogP contribution in [0.2, 0.25) is 0 Å². The first kappa shape index (κ1) is 14.7. The van der Waals surface area contributed by atoms with Gasteiger partial charge in [0.15, 0.2) is 0 Å². The predicted octanol–water partition coefficient (Wildman–Crippen LogP) is 4.06. The SMILES string of the molecule is C.C.CCC(OC)c1ccccc1. The highest BCUT2D eigenvalue weighted by molar-refractivity contribution is 5.17. The molecular weight excluding hydrogens is 160 g/mol. The van der Waals surface area contributed by atoms with E-state index in [1.807, 2.05) is 18.2 Å². The lowest BCUT2D eigenvalue weighted by atomic mass is 10.1. The van der Waals surface area contributed by atoms with Crippen LogP contribution in [-0.2, 0) is 4.74 Å². The van der Waals surface area contributed by atoms with Gasteiger partial charge in [-0.1, -0.05) is 52.1 Å². The van der Waals surface area contributed by atoms with Gasteiger partial charge in [-0.05, 0) is 12.0 Å². The van der Waals surface area contributed by atoms with Gasteiger partial charge in [-0.2, -0.15) is 0 Å². The Bertz CT molecular complexity index is 190. The standard InChI is InChI=1S/C10H14O.2CH4/c1-3-10(11-2)9-7-5-4-6-8-9;;/h4-8,10H,3H2,1-2H3;2*1H4. The summed E-state index contributed by atoms with van der Waals surface area (Å²) < 4.78 is 5.29. The van der Waals surface area contributed by atoms with Crippen LogP contribution >= 0.6 is 0 Å². The van der Waals surface area contributed by atoms with Crippen molar-refractivity contribution in [3.8, 4) is 0 Å². The maximum atomic E-state index is 5.29. The molecule has 0 N–H and O–H groups in total. The molecule has 0 aliphatic rings. The van der Waals surface area contributed by atoms with E-state index in [-0.39, 0.29) is 21.0 Å². The molecule has 1 heteroatoms. The largest absolute Gasteiger partial charge is 0.377 e. The third-order valence-electron chi connectivity index (χ3n) is 1.83. The zero-order chi connectivity index (χ0) is 8.10. The van der Waals surface area contributed by atoms with Crippen molar-refractivity contribution in [1.82, 2.24) is 0 Å². The Kier molecular flexibility index (Phi) is 8.83. The van der Waals surface area contributed by atoms with Crippen LogP contribution in [0.5, 0.6) is 0 Å². The molecule has 1 rings (SSSR count). The first-order valence-electron chi connectivity index (χ1n) is 3.96. The summed E-state index contributed by atoms with van der Waals surface area (Å²) in [5.74, 6) is 0. The van der Waals surface area contributed by atoms with Crippen molar-refractivity contribution >= 4 is 0 Å². The van der Waals surface area contributed by atoms with Gasteiger partial charge in [0, 0.05) is 7.11 Å². The van der Waals surface area contributed by atoms with Crippen molar-refractivity contribution in [3.63, 3.8) is 0 Å². The van der Waals surface area contributed by atoms with Gasteiger partial charge in [0.1, 0.15) is 0 Å². The molecule has 0 aromatic heterocycles. The van der Waals surface area contributed by atoms with E-state index >= 15 is 0 Å². The Labute approximate surface area is 82.7 Å². The molecule has 0 bridgehead atoms. The molecule has 1 aromatic rings. The summed E-state index contributed by atoms with van der Waals surface area (Å²) in [5.41, 5.74) is 1.26. The van der Waals surface area contributed by atoms with Crippen molar-refractivity contribution in [2.75, 3.05) is 7.11 Å². The van der Waals surface area contributed by atoms with Gasteiger partial charge < -0.3 is 4.74 Å². The van der Waals surface area contributed by atoms with Gasteiger partial charge >= 0.3 is 0 Å². The summed E-state index contributed by atoms with van der Waals surface area (Å²) in [6.07, 6.45) is 1.29. The molecule has 0 radical (unpaired) electrons. The summed E-state index contributed by atoms with van der Waals surface area (Å²) in [6, 6.07) is 10.3. The van der Waals surface area contributed by atoms with E-state index in [1.165, 1.54) is 5.56 Å². The summed E-state index contributed by atoms with van der Waals surface area (Å²) in [6.45, 7) is 2.13. The van der Waals surface area contributed by atoms with Crippen molar-refractivity contribution in [2.24, 2.45) is 0 Å². The number of rotatable bonds is 3. The number of benzene rings is 1. The van der Waals surface area contributed by atoms with Crippen molar-refractivity contribution < 1.29 is 4.74 Å². The molecule has 0 fully saturated rings. The molecule has 76 valence electrons. The Hall–Kier alpha value is -0.820. The lowest BCUT2D eigenvalue weighted by molar-refractivity contribution is 0.100. The monoisotopic (exact) mass is 182 g/mol. The first-order valence-corrected chi connectivity index (χ1v) is 3.96. The minimum absolute atomic E-state index is 0. The molecule has 1 unspecified atom stereocenters. The van der Waals surface area contributed by atoms with E-state index in [1.54, 1.807) is 7.11 Å². The first-order chi connectivity index (χ1) is 5.38. The van der Waals surface area contributed by atoms with Crippen molar-refractivity contribution in [3.05, 3.63) is 35.9 Å². The molecule has 0 saturated heterocycles. The normalized spacial score (nSPS) is 10.9. The molecule has 1 nitrogen and oxygen atoms in total. The molecular formula is C12H22O. The molecule has 0 heterocycles. The zero-order valence-electron chi connectivity index (χ0n) is 7.08. The predicted molar refractivity (Wildman–Crippen MR) is 59.9 cm³/mol. The number of hydrogen-bond acceptors (Lipinski definition) is 1. The highest BCUT2D eigenvalue weighted by Crippen LogP contribution is 2.18. The van der Waals surface area contributed by atoms with Gasteiger partial charge in [0.25, 0.3) is 0 Å². The second kappa shape index (κ2) is 7.81. The van der Waals surface area contributed by atoms with Crippen LogP contribution in [0.3, 0.4) is 0 Å². The van der Waals surface area contributed by atoms with Gasteiger partial charge in [-0.15, -0.1) is 0 Å². The molecule has 13 heavy (non-hydrogen) atoms. The Balaban J connectivity index is 0. The average Bonchev–Trinajstić information content (AvgIpc) is 2.09. The second-order valence-electron chi connectivity index (χ2n) is 2.54. The summed E-state index contributed by atoms with van der Waals surface area (Å²) in [4.78, 5) is 0. The van der Waals surface area contributed by atoms with E-state index in [0.717, 1.165) is 6.42 Å². The fraction of sp³-hybridized carbons (Fsp3) is 0.500. The van der Waals surface area contributed by atoms with E-state index in [9.17, 15) is 0 Å². The zero-order valence-corrected chi connectivity index (χ0v) is 7.08. The topological polar surface area (TPSA) is 9.23 Å². The summed E-state index contributed by atoms with van der Waals surface area (Å²) >= 11 is 0. The van der Waals surface area contributed by atoms with Crippen LogP contribution < -0.4 is 0 Å². The van der Waals surface area contributed by atoms with Crippen LogP contribution in [0, 0.1) is 0 Å². The van der Waals surface area contributed by atoms with Crippen molar-refractivity contribution in [2.45, 2.75) is 34.3 Å². The third kappa shape index (κ3) is 4.09. The van der Waals surface area contributed by atoms with Gasteiger partial charge in [-0.3, -0.25) is 0 Å². The maximum absolute atomic E-state index is 5.29. The fourth-order valence-electron chi connectivity index (χ4n) is 1.21. The van der Waals surface area contributed by atoms with Gasteiger partial charge in [-0.25, -0.2) is 0 Å². The maximum Gasteiger partial charge on any atom is 0.0818 e. The average molecular weight is 182 g/mol. The minimum Gasteiger partial charge on any atom is -0.377 e. The lowest BCUT2D eigenvalue weighted by Crippen LogP contribution is -1.98. The van der Waals surface area contributed by atoms with Crippen molar-refractivity contribution in [1.29, 1.82) is 0 Å². The van der Waals surface area contributed by atoms with Crippen LogP contribution in [0.1, 0.15) is 39.9 Å². The third-order valence-corrected chi connectivity index (χ3v) is 1.83. The number of ether oxygens (including phenoxy) is 1. The van der Waals surface area contributed by atoms with Crippen LogP contribution in [0.4, 0.5) is 0 Å². The molecule has 0 spiro atoms. The van der Waals surface area contributed by atoms with Crippen LogP contribution in [0.25, 0.3) is 0 Å². The number of hydrogen-bond donors (Lipinski definition) is 0. The van der Waals surface area contributed by atoms with E-state index in [2.05, 4.69) is 19.1 Å². The van der Waals surface area contributed by atoms with E-state index in [4.69, 9.17) is 4.74 Å². The highest BCUT2D eigenvalue weighted by atomic mass is 16.5. The summed E-state index contributed by atoms with van der Waals surface area (Å²) in [7, 11) is 1.75. The lowest BCUT2D eigenvalue weighted by Gasteiger charge is -2.12.